The second-order valence-corrected chi connectivity index (χ2v) is 5.16. The molecule has 1 aromatic carbocycles. The Bertz CT molecular complexity index is 565. The lowest BCUT2D eigenvalue weighted by molar-refractivity contribution is 0.602. The number of benzene rings is 1. The number of nitrogens with zero attached hydrogens (tertiary/aromatic N) is 2. The standard InChI is InChI=1S/C15H19N3/c1-11-8-13-4-2-3-5-14(13)17-15(11)18-7-6-12(9-16)10-18/h2-5,8,12H,6-7,9-10,16H2,1H3. The average Bonchev–Trinajstić information content (AvgIpc) is 2.86. The number of pyridine rings is 1. The fourth-order valence-electron chi connectivity index (χ4n) is 2.75. The van der Waals surface area contributed by atoms with Crippen LogP contribution in [-0.4, -0.2) is 24.6 Å². The van der Waals surface area contributed by atoms with Gasteiger partial charge in [0.2, 0.25) is 0 Å². The maximum Gasteiger partial charge on any atom is 0.132 e. The lowest BCUT2D eigenvalue weighted by atomic mass is 10.1. The van der Waals surface area contributed by atoms with Crippen molar-refractivity contribution in [2.75, 3.05) is 24.5 Å². The Morgan fingerprint density at radius 2 is 2.22 bits per heavy atom. The van der Waals surface area contributed by atoms with Crippen LogP contribution in [0, 0.1) is 12.8 Å². The third-order valence-electron chi connectivity index (χ3n) is 3.81. The molecule has 0 amide bonds. The van der Waals surface area contributed by atoms with E-state index < -0.39 is 0 Å². The van der Waals surface area contributed by atoms with Crippen molar-refractivity contribution in [1.29, 1.82) is 0 Å². The molecule has 1 fully saturated rings. The van der Waals surface area contributed by atoms with Gasteiger partial charge in [-0.25, -0.2) is 4.98 Å². The maximum absolute atomic E-state index is 5.76. The molecule has 1 aliphatic heterocycles. The molecule has 18 heavy (non-hydrogen) atoms. The van der Waals surface area contributed by atoms with Gasteiger partial charge >= 0.3 is 0 Å². The molecule has 2 aromatic rings. The van der Waals surface area contributed by atoms with E-state index in [0.717, 1.165) is 31.0 Å². The summed E-state index contributed by atoms with van der Waals surface area (Å²) < 4.78 is 0. The summed E-state index contributed by atoms with van der Waals surface area (Å²) in [4.78, 5) is 7.18. The van der Waals surface area contributed by atoms with E-state index in [1.807, 2.05) is 6.07 Å². The number of hydrogen-bond donors (Lipinski definition) is 1. The summed E-state index contributed by atoms with van der Waals surface area (Å²) in [5.41, 5.74) is 8.09. The second-order valence-electron chi connectivity index (χ2n) is 5.16. The summed E-state index contributed by atoms with van der Waals surface area (Å²) in [7, 11) is 0. The first-order chi connectivity index (χ1) is 8.78. The van der Waals surface area contributed by atoms with E-state index in [4.69, 9.17) is 10.7 Å². The van der Waals surface area contributed by atoms with E-state index in [9.17, 15) is 0 Å². The lowest BCUT2D eigenvalue weighted by Gasteiger charge is -2.20. The van der Waals surface area contributed by atoms with Gasteiger partial charge in [0, 0.05) is 18.5 Å². The Labute approximate surface area is 108 Å². The number of rotatable bonds is 2. The first-order valence-electron chi connectivity index (χ1n) is 6.59. The van der Waals surface area contributed by atoms with Gasteiger partial charge in [-0.3, -0.25) is 0 Å². The van der Waals surface area contributed by atoms with Crippen LogP contribution in [0.25, 0.3) is 10.9 Å². The Kier molecular flexibility index (Phi) is 2.92. The molecule has 3 heteroatoms. The Hall–Kier alpha value is -1.61. The molecule has 0 aliphatic carbocycles. The smallest absolute Gasteiger partial charge is 0.132 e. The molecule has 2 heterocycles. The highest BCUT2D eigenvalue weighted by atomic mass is 15.2. The lowest BCUT2D eigenvalue weighted by Crippen LogP contribution is -2.24. The number of fused-ring (bicyclic) bond motifs is 1. The van der Waals surface area contributed by atoms with Crippen molar-refractivity contribution in [3.63, 3.8) is 0 Å². The van der Waals surface area contributed by atoms with Gasteiger partial charge in [-0.15, -0.1) is 0 Å². The van der Waals surface area contributed by atoms with Crippen molar-refractivity contribution in [2.45, 2.75) is 13.3 Å². The first kappa shape index (κ1) is 11.5. The van der Waals surface area contributed by atoms with Crippen LogP contribution in [0.2, 0.25) is 0 Å². The van der Waals surface area contributed by atoms with Crippen LogP contribution >= 0.6 is 0 Å². The van der Waals surface area contributed by atoms with Crippen molar-refractivity contribution in [3.8, 4) is 0 Å². The van der Waals surface area contributed by atoms with Crippen LogP contribution in [0.3, 0.4) is 0 Å². The summed E-state index contributed by atoms with van der Waals surface area (Å²) in [5.74, 6) is 1.75. The van der Waals surface area contributed by atoms with E-state index in [-0.39, 0.29) is 0 Å². The summed E-state index contributed by atoms with van der Waals surface area (Å²) in [6.07, 6.45) is 1.18. The van der Waals surface area contributed by atoms with Gasteiger partial charge in [0.05, 0.1) is 5.52 Å². The second kappa shape index (κ2) is 4.58. The van der Waals surface area contributed by atoms with Gasteiger partial charge in [-0.2, -0.15) is 0 Å². The van der Waals surface area contributed by atoms with Crippen LogP contribution in [0.5, 0.6) is 0 Å². The molecule has 0 bridgehead atoms. The molecule has 1 atom stereocenters. The van der Waals surface area contributed by atoms with Crippen molar-refractivity contribution in [2.24, 2.45) is 11.7 Å². The number of aryl methyl sites for hydroxylation is 1. The molecule has 1 aliphatic rings. The third-order valence-corrected chi connectivity index (χ3v) is 3.81. The molecule has 1 saturated heterocycles. The van der Waals surface area contributed by atoms with Crippen molar-refractivity contribution in [3.05, 3.63) is 35.9 Å². The highest BCUT2D eigenvalue weighted by Gasteiger charge is 2.23. The summed E-state index contributed by atoms with van der Waals surface area (Å²) in [5, 5.41) is 1.22. The predicted octanol–water partition coefficient (Wildman–Crippen LogP) is 2.33. The van der Waals surface area contributed by atoms with Gasteiger partial charge in [0.15, 0.2) is 0 Å². The monoisotopic (exact) mass is 241 g/mol. The molecule has 2 N–H and O–H groups in total. The summed E-state index contributed by atoms with van der Waals surface area (Å²) in [6, 6.07) is 10.5. The highest BCUT2D eigenvalue weighted by molar-refractivity contribution is 5.81. The van der Waals surface area contributed by atoms with Gasteiger partial charge in [0.25, 0.3) is 0 Å². The Morgan fingerprint density at radius 3 is 3.00 bits per heavy atom. The molecular weight excluding hydrogens is 222 g/mol. The molecule has 94 valence electrons. The van der Waals surface area contributed by atoms with E-state index in [1.54, 1.807) is 0 Å². The molecule has 0 spiro atoms. The number of para-hydroxylation sites is 1. The highest BCUT2D eigenvalue weighted by Crippen LogP contribution is 2.27. The number of nitrogens with two attached hydrogens (primary N) is 1. The quantitative estimate of drug-likeness (QED) is 0.877. The topological polar surface area (TPSA) is 42.2 Å². The molecule has 3 rings (SSSR count). The van der Waals surface area contributed by atoms with E-state index in [1.165, 1.54) is 17.4 Å². The van der Waals surface area contributed by atoms with Gasteiger partial charge in [-0.1, -0.05) is 18.2 Å². The Balaban J connectivity index is 1.99. The fraction of sp³-hybridized carbons (Fsp3) is 0.400. The van der Waals surface area contributed by atoms with E-state index >= 15 is 0 Å². The third kappa shape index (κ3) is 1.95. The van der Waals surface area contributed by atoms with Crippen LogP contribution in [-0.2, 0) is 0 Å². The zero-order valence-electron chi connectivity index (χ0n) is 10.8. The zero-order chi connectivity index (χ0) is 12.5. The minimum absolute atomic E-state index is 0.623. The molecule has 3 nitrogen and oxygen atoms in total. The maximum atomic E-state index is 5.76. The van der Waals surface area contributed by atoms with Gasteiger partial charge < -0.3 is 10.6 Å². The molecule has 1 aromatic heterocycles. The van der Waals surface area contributed by atoms with Crippen LogP contribution in [0.15, 0.2) is 30.3 Å². The summed E-state index contributed by atoms with van der Waals surface area (Å²) in [6.45, 7) is 5.05. The van der Waals surface area contributed by atoms with Crippen LogP contribution in [0.1, 0.15) is 12.0 Å². The normalized spacial score (nSPS) is 19.7. The van der Waals surface area contributed by atoms with Crippen molar-refractivity contribution < 1.29 is 0 Å². The van der Waals surface area contributed by atoms with E-state index in [0.29, 0.717) is 5.92 Å². The molecule has 0 saturated carbocycles. The zero-order valence-corrected chi connectivity index (χ0v) is 10.8. The molecule has 0 radical (unpaired) electrons. The van der Waals surface area contributed by atoms with Gasteiger partial charge in [0.1, 0.15) is 5.82 Å². The molecular formula is C15H19N3. The minimum Gasteiger partial charge on any atom is -0.356 e. The molecule has 1 unspecified atom stereocenters. The van der Waals surface area contributed by atoms with Gasteiger partial charge in [-0.05, 0) is 43.5 Å². The fourth-order valence-corrected chi connectivity index (χ4v) is 2.75. The SMILES string of the molecule is Cc1cc2ccccc2nc1N1CCC(CN)C1. The minimum atomic E-state index is 0.623. The Morgan fingerprint density at radius 1 is 1.39 bits per heavy atom. The summed E-state index contributed by atoms with van der Waals surface area (Å²) >= 11 is 0. The predicted molar refractivity (Wildman–Crippen MR) is 75.9 cm³/mol. The average molecular weight is 241 g/mol. The van der Waals surface area contributed by atoms with Crippen molar-refractivity contribution >= 4 is 16.7 Å². The van der Waals surface area contributed by atoms with Crippen LogP contribution in [0.4, 0.5) is 5.82 Å². The van der Waals surface area contributed by atoms with E-state index in [2.05, 4.69) is 36.1 Å². The number of aromatic nitrogens is 1. The first-order valence-corrected chi connectivity index (χ1v) is 6.59. The largest absolute Gasteiger partial charge is 0.356 e. The number of anilines is 1. The number of hydrogen-bond acceptors (Lipinski definition) is 3. The van der Waals surface area contributed by atoms with Crippen molar-refractivity contribution in [1.82, 2.24) is 4.98 Å². The van der Waals surface area contributed by atoms with Crippen LogP contribution < -0.4 is 10.6 Å².